The Labute approximate surface area is 135 Å². The first-order valence-electron chi connectivity index (χ1n) is 8.15. The van der Waals surface area contributed by atoms with Gasteiger partial charge in [-0.05, 0) is 31.4 Å². The van der Waals surface area contributed by atoms with Crippen molar-refractivity contribution in [3.05, 3.63) is 24.3 Å². The number of anilines is 1. The highest BCUT2D eigenvalue weighted by Gasteiger charge is 2.34. The van der Waals surface area contributed by atoms with Gasteiger partial charge in [0.15, 0.2) is 0 Å². The summed E-state index contributed by atoms with van der Waals surface area (Å²) >= 11 is 0. The number of hydrogen-bond acceptors (Lipinski definition) is 3. The van der Waals surface area contributed by atoms with Crippen LogP contribution in [0.1, 0.15) is 26.2 Å². The van der Waals surface area contributed by atoms with Gasteiger partial charge in [-0.1, -0.05) is 19.1 Å². The third-order valence-corrected chi connectivity index (χ3v) is 4.64. The van der Waals surface area contributed by atoms with Gasteiger partial charge < -0.3 is 14.7 Å². The molecule has 2 heterocycles. The van der Waals surface area contributed by atoms with Crippen molar-refractivity contribution in [2.75, 3.05) is 24.5 Å². The second-order valence-corrected chi connectivity index (χ2v) is 6.11. The van der Waals surface area contributed by atoms with E-state index in [9.17, 15) is 9.59 Å². The number of fused-ring (bicyclic) bond motifs is 1. The van der Waals surface area contributed by atoms with Crippen LogP contribution in [-0.2, 0) is 4.79 Å². The number of urea groups is 1. The average Bonchev–Trinajstić information content (AvgIpc) is 2.60. The van der Waals surface area contributed by atoms with Crippen molar-refractivity contribution in [3.63, 3.8) is 0 Å². The first-order chi connectivity index (χ1) is 11.1. The van der Waals surface area contributed by atoms with Crippen LogP contribution in [0.25, 0.3) is 0 Å². The lowest BCUT2D eigenvalue weighted by Gasteiger charge is -2.39. The monoisotopic (exact) mass is 318 g/mol. The SMILES string of the molecule is CC[C@H]1CN(C(=O)N2CCC(C(=O)O)CC2)c2ccccc2O1. The molecule has 6 nitrogen and oxygen atoms in total. The maximum absolute atomic E-state index is 12.9. The number of carboxylic acids is 1. The number of para-hydroxylation sites is 2. The number of ether oxygens (including phenoxy) is 1. The number of hydrogen-bond donors (Lipinski definition) is 1. The maximum atomic E-state index is 12.9. The lowest BCUT2D eigenvalue weighted by atomic mass is 9.97. The van der Waals surface area contributed by atoms with E-state index in [0.717, 1.165) is 17.9 Å². The highest BCUT2D eigenvalue weighted by Crippen LogP contribution is 2.34. The van der Waals surface area contributed by atoms with Gasteiger partial charge in [-0.25, -0.2) is 4.79 Å². The standard InChI is InChI=1S/C17H22N2O4/c1-2-13-11-19(14-5-3-4-6-15(14)23-13)17(22)18-9-7-12(8-10-18)16(20)21/h3-6,12-13H,2,7-11H2,1H3,(H,20,21)/t13-/m0/s1. The van der Waals surface area contributed by atoms with Crippen LogP contribution < -0.4 is 9.64 Å². The number of nitrogens with zero attached hydrogens (tertiary/aromatic N) is 2. The van der Waals surface area contributed by atoms with Crippen molar-refractivity contribution >= 4 is 17.7 Å². The molecule has 1 atom stereocenters. The molecule has 2 amide bonds. The van der Waals surface area contributed by atoms with Crippen molar-refractivity contribution in [2.24, 2.45) is 5.92 Å². The van der Waals surface area contributed by atoms with Gasteiger partial charge in [-0.2, -0.15) is 0 Å². The van der Waals surface area contributed by atoms with E-state index in [1.54, 1.807) is 9.80 Å². The smallest absolute Gasteiger partial charge is 0.324 e. The molecular weight excluding hydrogens is 296 g/mol. The van der Waals surface area contributed by atoms with Crippen molar-refractivity contribution in [1.82, 2.24) is 4.90 Å². The van der Waals surface area contributed by atoms with E-state index in [4.69, 9.17) is 9.84 Å². The van der Waals surface area contributed by atoms with Gasteiger partial charge in [0.2, 0.25) is 0 Å². The molecule has 0 unspecified atom stereocenters. The molecule has 0 saturated carbocycles. The van der Waals surface area contributed by atoms with Gasteiger partial charge in [-0.15, -0.1) is 0 Å². The predicted molar refractivity (Wildman–Crippen MR) is 85.8 cm³/mol. The first kappa shape index (κ1) is 15.6. The molecule has 0 aliphatic carbocycles. The van der Waals surface area contributed by atoms with Gasteiger partial charge in [0, 0.05) is 13.1 Å². The van der Waals surface area contributed by atoms with E-state index in [0.29, 0.717) is 32.5 Å². The highest BCUT2D eigenvalue weighted by molar-refractivity contribution is 5.94. The molecule has 1 aromatic rings. The van der Waals surface area contributed by atoms with E-state index in [1.807, 2.05) is 31.2 Å². The van der Waals surface area contributed by atoms with E-state index >= 15 is 0 Å². The molecule has 6 heteroatoms. The van der Waals surface area contributed by atoms with Gasteiger partial charge in [0.05, 0.1) is 18.2 Å². The molecule has 1 saturated heterocycles. The van der Waals surface area contributed by atoms with Gasteiger partial charge in [0.25, 0.3) is 0 Å². The van der Waals surface area contributed by atoms with Crippen LogP contribution in [0.2, 0.25) is 0 Å². The summed E-state index contributed by atoms with van der Waals surface area (Å²) in [5, 5.41) is 9.08. The van der Waals surface area contributed by atoms with E-state index in [1.165, 1.54) is 0 Å². The second-order valence-electron chi connectivity index (χ2n) is 6.11. The minimum Gasteiger partial charge on any atom is -0.486 e. The molecule has 0 spiro atoms. The Kier molecular flexibility index (Phi) is 4.41. The number of carboxylic acid groups (broad SMARTS) is 1. The zero-order chi connectivity index (χ0) is 16.4. The van der Waals surface area contributed by atoms with Crippen LogP contribution in [-0.4, -0.2) is 47.7 Å². The third kappa shape index (κ3) is 3.11. The third-order valence-electron chi connectivity index (χ3n) is 4.64. The molecule has 0 aromatic heterocycles. The number of benzene rings is 1. The Hall–Kier alpha value is -2.24. The molecule has 124 valence electrons. The van der Waals surface area contributed by atoms with Gasteiger partial charge in [0.1, 0.15) is 11.9 Å². The lowest BCUT2D eigenvalue weighted by Crippen LogP contribution is -2.51. The minimum absolute atomic E-state index is 0.00888. The average molecular weight is 318 g/mol. The molecule has 2 aliphatic rings. The van der Waals surface area contributed by atoms with Crippen molar-refractivity contribution in [1.29, 1.82) is 0 Å². The number of carbonyl (C=O) groups excluding carboxylic acids is 1. The molecule has 3 rings (SSSR count). The largest absolute Gasteiger partial charge is 0.486 e. The van der Waals surface area contributed by atoms with Crippen LogP contribution in [0.4, 0.5) is 10.5 Å². The van der Waals surface area contributed by atoms with Gasteiger partial charge >= 0.3 is 12.0 Å². The van der Waals surface area contributed by atoms with Crippen molar-refractivity contribution < 1.29 is 19.4 Å². The summed E-state index contributed by atoms with van der Waals surface area (Å²) in [6.45, 7) is 3.56. The fraction of sp³-hybridized carbons (Fsp3) is 0.529. The summed E-state index contributed by atoms with van der Waals surface area (Å²) in [6.07, 6.45) is 1.86. The molecule has 1 N–H and O–H groups in total. The molecule has 0 radical (unpaired) electrons. The fourth-order valence-corrected chi connectivity index (χ4v) is 3.18. The van der Waals surface area contributed by atoms with Crippen LogP contribution in [0, 0.1) is 5.92 Å². The topological polar surface area (TPSA) is 70.1 Å². The maximum Gasteiger partial charge on any atom is 0.324 e. The van der Waals surface area contributed by atoms with Crippen LogP contribution >= 0.6 is 0 Å². The summed E-state index contributed by atoms with van der Waals surface area (Å²) in [7, 11) is 0. The van der Waals surface area contributed by atoms with E-state index in [-0.39, 0.29) is 18.1 Å². The second kappa shape index (κ2) is 6.48. The van der Waals surface area contributed by atoms with Crippen LogP contribution in [0.15, 0.2) is 24.3 Å². The number of carbonyl (C=O) groups is 2. The van der Waals surface area contributed by atoms with Crippen LogP contribution in [0.3, 0.4) is 0 Å². The summed E-state index contributed by atoms with van der Waals surface area (Å²) < 4.78 is 5.91. The number of amides is 2. The predicted octanol–water partition coefficient (Wildman–Crippen LogP) is 2.58. The zero-order valence-corrected chi connectivity index (χ0v) is 13.3. The summed E-state index contributed by atoms with van der Waals surface area (Å²) in [5.74, 6) is -0.362. The molecule has 0 bridgehead atoms. The normalized spacial score (nSPS) is 21.5. The Morgan fingerprint density at radius 2 is 1.96 bits per heavy atom. The molecular formula is C17H22N2O4. The summed E-state index contributed by atoms with van der Waals surface area (Å²) in [5.41, 5.74) is 0.794. The Morgan fingerprint density at radius 3 is 2.61 bits per heavy atom. The fourth-order valence-electron chi connectivity index (χ4n) is 3.18. The Morgan fingerprint density at radius 1 is 1.26 bits per heavy atom. The number of likely N-dealkylation sites (tertiary alicyclic amines) is 1. The molecule has 23 heavy (non-hydrogen) atoms. The molecule has 1 fully saturated rings. The quantitative estimate of drug-likeness (QED) is 0.910. The van der Waals surface area contributed by atoms with E-state index < -0.39 is 5.97 Å². The lowest BCUT2D eigenvalue weighted by molar-refractivity contribution is -0.143. The highest BCUT2D eigenvalue weighted by atomic mass is 16.5. The molecule has 1 aromatic carbocycles. The zero-order valence-electron chi connectivity index (χ0n) is 13.3. The first-order valence-corrected chi connectivity index (χ1v) is 8.15. The number of rotatable bonds is 2. The Balaban J connectivity index is 1.76. The molecule has 2 aliphatic heterocycles. The van der Waals surface area contributed by atoms with E-state index in [2.05, 4.69) is 0 Å². The Bertz CT molecular complexity index is 596. The van der Waals surface area contributed by atoms with Crippen molar-refractivity contribution in [3.8, 4) is 5.75 Å². The summed E-state index contributed by atoms with van der Waals surface area (Å²) in [6, 6.07) is 7.52. The number of piperidine rings is 1. The van der Waals surface area contributed by atoms with Gasteiger partial charge in [-0.3, -0.25) is 9.69 Å². The minimum atomic E-state index is -0.764. The summed E-state index contributed by atoms with van der Waals surface area (Å²) in [4.78, 5) is 27.5. The van der Waals surface area contributed by atoms with Crippen LogP contribution in [0.5, 0.6) is 5.75 Å². The van der Waals surface area contributed by atoms with Crippen molar-refractivity contribution in [2.45, 2.75) is 32.3 Å². The number of aliphatic carboxylic acids is 1.